The minimum absolute atomic E-state index is 0.0742. The highest BCUT2D eigenvalue weighted by Crippen LogP contribution is 2.71. The molecule has 6 rings (SSSR count). The van der Waals surface area contributed by atoms with Crippen LogP contribution in [-0.2, 0) is 11.3 Å². The van der Waals surface area contributed by atoms with Crippen LogP contribution in [-0.4, -0.2) is 27.1 Å². The molecular weight excluding hydrogens is 436 g/mol. The molecule has 1 aromatic heterocycles. The molecule has 0 saturated heterocycles. The number of nitrogens with zero attached hydrogens (tertiary/aromatic N) is 1. The van der Waals surface area contributed by atoms with Crippen LogP contribution in [0.25, 0.3) is 22.0 Å². The molecule has 3 aromatic carbocycles. The molecule has 1 amide bonds. The molecule has 1 unspecified atom stereocenters. The fourth-order valence-electron chi connectivity index (χ4n) is 6.34. The molecule has 0 bridgehead atoms. The van der Waals surface area contributed by atoms with E-state index in [-0.39, 0.29) is 29.2 Å². The van der Waals surface area contributed by atoms with E-state index in [9.17, 15) is 14.7 Å². The molecule has 2 fully saturated rings. The van der Waals surface area contributed by atoms with Gasteiger partial charge in [-0.2, -0.15) is 0 Å². The van der Waals surface area contributed by atoms with E-state index in [2.05, 4.69) is 52.3 Å². The van der Waals surface area contributed by atoms with Gasteiger partial charge in [0.15, 0.2) is 0 Å². The summed E-state index contributed by atoms with van der Waals surface area (Å²) in [5.41, 5.74) is 4.70. The lowest BCUT2D eigenvalue weighted by Crippen LogP contribution is -2.52. The van der Waals surface area contributed by atoms with Crippen LogP contribution in [0.1, 0.15) is 42.1 Å². The molecular formula is C30H28N2O3. The minimum atomic E-state index is -0.765. The summed E-state index contributed by atoms with van der Waals surface area (Å²) in [7, 11) is 0. The van der Waals surface area contributed by atoms with Gasteiger partial charge in [0.1, 0.15) is 0 Å². The number of aromatic nitrogens is 1. The fraction of sp³-hybridized carbons (Fsp3) is 0.267. The van der Waals surface area contributed by atoms with Gasteiger partial charge in [-0.25, -0.2) is 0 Å². The third-order valence-corrected chi connectivity index (χ3v) is 8.00. The molecule has 0 radical (unpaired) electrons. The van der Waals surface area contributed by atoms with Gasteiger partial charge in [-0.1, -0.05) is 73.7 Å². The number of fused-ring (bicyclic) bond motifs is 2. The Morgan fingerprint density at radius 2 is 1.71 bits per heavy atom. The number of hydrogen-bond donors (Lipinski definition) is 2. The van der Waals surface area contributed by atoms with Crippen molar-refractivity contribution in [2.45, 2.75) is 38.3 Å². The highest BCUT2D eigenvalue weighted by Gasteiger charge is 2.73. The Balaban J connectivity index is 1.22. The molecule has 2 N–H and O–H groups in total. The highest BCUT2D eigenvalue weighted by molar-refractivity contribution is 6.06. The Labute approximate surface area is 204 Å². The van der Waals surface area contributed by atoms with Crippen molar-refractivity contribution < 1.29 is 14.7 Å². The van der Waals surface area contributed by atoms with Crippen molar-refractivity contribution in [1.29, 1.82) is 0 Å². The normalized spacial score (nSPS) is 24.4. The van der Waals surface area contributed by atoms with Crippen molar-refractivity contribution in [3.8, 4) is 11.1 Å². The summed E-state index contributed by atoms with van der Waals surface area (Å²) in [4.78, 5) is 24.6. The number of carboxylic acids is 1. The standard InChI is InChI=1S/C30H28N2O3/c1-29(17-26(33)34)19-30(16-25(29)30)31-28(35)24-9-5-8-23-14-15-32(27(23)24)18-20-10-12-22(13-11-20)21-6-3-2-4-7-21/h2-15,25H,16-19H2,1H3,(H,31,35)(H,33,34)/t25-,29-,30?/m1/s1. The van der Waals surface area contributed by atoms with E-state index in [1.807, 2.05) is 49.5 Å². The summed E-state index contributed by atoms with van der Waals surface area (Å²) in [6.07, 6.45) is 3.80. The van der Waals surface area contributed by atoms with Crippen LogP contribution in [0.2, 0.25) is 0 Å². The monoisotopic (exact) mass is 464 g/mol. The Hall–Kier alpha value is -3.86. The second-order valence-electron chi connectivity index (χ2n) is 10.5. The van der Waals surface area contributed by atoms with E-state index >= 15 is 0 Å². The Kier molecular flexibility index (Phi) is 4.85. The zero-order chi connectivity index (χ0) is 24.2. The van der Waals surface area contributed by atoms with Crippen molar-refractivity contribution in [3.63, 3.8) is 0 Å². The first-order valence-electron chi connectivity index (χ1n) is 12.1. The number of benzene rings is 3. The van der Waals surface area contributed by atoms with Crippen molar-refractivity contribution in [2.24, 2.45) is 11.3 Å². The smallest absolute Gasteiger partial charge is 0.303 e. The summed E-state index contributed by atoms with van der Waals surface area (Å²) in [5, 5.41) is 13.5. The number of amides is 1. The van der Waals surface area contributed by atoms with Crippen LogP contribution in [0.5, 0.6) is 0 Å². The second-order valence-corrected chi connectivity index (χ2v) is 10.5. The van der Waals surface area contributed by atoms with Gasteiger partial charge in [-0.05, 0) is 53.0 Å². The van der Waals surface area contributed by atoms with Crippen LogP contribution in [0.3, 0.4) is 0 Å². The van der Waals surface area contributed by atoms with Crippen LogP contribution < -0.4 is 5.32 Å². The maximum atomic E-state index is 13.4. The van der Waals surface area contributed by atoms with Gasteiger partial charge >= 0.3 is 5.97 Å². The Morgan fingerprint density at radius 1 is 0.971 bits per heavy atom. The number of nitrogens with one attached hydrogen (secondary N) is 1. The van der Waals surface area contributed by atoms with Gasteiger partial charge in [-0.15, -0.1) is 0 Å². The Morgan fingerprint density at radius 3 is 2.43 bits per heavy atom. The van der Waals surface area contributed by atoms with Gasteiger partial charge in [0, 0.05) is 23.7 Å². The largest absolute Gasteiger partial charge is 0.481 e. The number of aliphatic carboxylic acids is 1. The lowest BCUT2D eigenvalue weighted by atomic mass is 9.65. The van der Waals surface area contributed by atoms with E-state index in [0.717, 1.165) is 23.7 Å². The number of hydrogen-bond acceptors (Lipinski definition) is 2. The maximum absolute atomic E-state index is 13.4. The predicted molar refractivity (Wildman–Crippen MR) is 136 cm³/mol. The molecule has 2 aliphatic rings. The highest BCUT2D eigenvalue weighted by atomic mass is 16.4. The van der Waals surface area contributed by atoms with Crippen molar-refractivity contribution >= 4 is 22.8 Å². The van der Waals surface area contributed by atoms with Gasteiger partial charge in [0.05, 0.1) is 17.5 Å². The number of rotatable bonds is 7. The van der Waals surface area contributed by atoms with Crippen LogP contribution >= 0.6 is 0 Å². The summed E-state index contributed by atoms with van der Waals surface area (Å²) in [6, 6.07) is 26.8. The minimum Gasteiger partial charge on any atom is -0.481 e. The Bertz CT molecular complexity index is 1440. The van der Waals surface area contributed by atoms with Gasteiger partial charge in [-0.3, -0.25) is 9.59 Å². The van der Waals surface area contributed by atoms with Crippen molar-refractivity contribution in [2.75, 3.05) is 0 Å². The molecule has 2 aliphatic carbocycles. The molecule has 1 heterocycles. The van der Waals surface area contributed by atoms with Crippen LogP contribution in [0, 0.1) is 11.3 Å². The fourth-order valence-corrected chi connectivity index (χ4v) is 6.34. The zero-order valence-electron chi connectivity index (χ0n) is 19.7. The second kappa shape index (κ2) is 7.84. The van der Waals surface area contributed by atoms with E-state index in [1.165, 1.54) is 16.7 Å². The van der Waals surface area contributed by atoms with Gasteiger partial charge in [0.2, 0.25) is 0 Å². The molecule has 0 aliphatic heterocycles. The molecule has 5 heteroatoms. The summed E-state index contributed by atoms with van der Waals surface area (Å²) >= 11 is 0. The zero-order valence-corrected chi connectivity index (χ0v) is 19.7. The van der Waals surface area contributed by atoms with Crippen LogP contribution in [0.15, 0.2) is 85.1 Å². The number of carbonyl (C=O) groups is 2. The summed E-state index contributed by atoms with van der Waals surface area (Å²) < 4.78 is 2.14. The molecule has 0 spiro atoms. The van der Waals surface area contributed by atoms with Gasteiger partial charge in [0.25, 0.3) is 5.91 Å². The number of carboxylic acid groups (broad SMARTS) is 1. The topological polar surface area (TPSA) is 71.3 Å². The quantitative estimate of drug-likeness (QED) is 0.367. The first kappa shape index (κ1) is 21.7. The molecule has 2 saturated carbocycles. The predicted octanol–water partition coefficient (Wildman–Crippen LogP) is 5.73. The van der Waals surface area contributed by atoms with Crippen LogP contribution in [0.4, 0.5) is 0 Å². The molecule has 5 nitrogen and oxygen atoms in total. The first-order valence-corrected chi connectivity index (χ1v) is 12.1. The summed E-state index contributed by atoms with van der Waals surface area (Å²) in [6.45, 7) is 2.70. The third kappa shape index (κ3) is 3.72. The van der Waals surface area contributed by atoms with E-state index in [4.69, 9.17) is 0 Å². The number of para-hydroxylation sites is 1. The van der Waals surface area contributed by atoms with E-state index in [0.29, 0.717) is 12.1 Å². The third-order valence-electron chi connectivity index (χ3n) is 8.00. The molecule has 4 aromatic rings. The average molecular weight is 465 g/mol. The van der Waals surface area contributed by atoms with Crippen molar-refractivity contribution in [1.82, 2.24) is 9.88 Å². The van der Waals surface area contributed by atoms with Gasteiger partial charge < -0.3 is 15.0 Å². The lowest BCUT2D eigenvalue weighted by molar-refractivity contribution is -0.141. The number of carbonyl (C=O) groups excluding carboxylic acids is 1. The molecule has 176 valence electrons. The lowest BCUT2D eigenvalue weighted by Gasteiger charge is -2.44. The maximum Gasteiger partial charge on any atom is 0.303 e. The average Bonchev–Trinajstić information content (AvgIpc) is 3.28. The van der Waals surface area contributed by atoms with E-state index in [1.54, 1.807) is 0 Å². The van der Waals surface area contributed by atoms with Crippen molar-refractivity contribution in [3.05, 3.63) is 96.2 Å². The first-order chi connectivity index (χ1) is 16.9. The van der Waals surface area contributed by atoms with E-state index < -0.39 is 5.97 Å². The SMILES string of the molecule is C[C@@]1(CC(=O)O)CC2(NC(=O)c3cccc4ccn(Cc5ccc(-c6ccccc6)cc5)c34)C[C@@H]21. The summed E-state index contributed by atoms with van der Waals surface area (Å²) in [5.74, 6) is -0.585. The molecule has 3 atom stereocenters. The molecule has 35 heavy (non-hydrogen) atoms.